The number of hydrogen-bond acceptors (Lipinski definition) is 3. The lowest BCUT2D eigenvalue weighted by Gasteiger charge is -2.25. The van der Waals surface area contributed by atoms with Gasteiger partial charge in [0.2, 0.25) is 5.91 Å². The summed E-state index contributed by atoms with van der Waals surface area (Å²) in [7, 11) is 0. The summed E-state index contributed by atoms with van der Waals surface area (Å²) < 4.78 is 4.89. The summed E-state index contributed by atoms with van der Waals surface area (Å²) in [4.78, 5) is 24.7. The van der Waals surface area contributed by atoms with Crippen LogP contribution in [0, 0.1) is 0 Å². The first-order valence-electron chi connectivity index (χ1n) is 6.23. The maximum atomic E-state index is 11.8. The molecule has 1 N–H and O–H groups in total. The molecule has 1 aromatic carbocycles. The van der Waals surface area contributed by atoms with Crippen LogP contribution in [0.4, 0.5) is 10.5 Å². The Bertz CT molecular complexity index is 522. The van der Waals surface area contributed by atoms with Gasteiger partial charge in [-0.15, -0.1) is 0 Å². The Morgan fingerprint density at radius 1 is 1.40 bits per heavy atom. The average Bonchev–Trinajstić information content (AvgIpc) is 2.41. The van der Waals surface area contributed by atoms with Gasteiger partial charge in [-0.2, -0.15) is 0 Å². The van der Waals surface area contributed by atoms with E-state index < -0.39 is 0 Å². The summed E-state index contributed by atoms with van der Waals surface area (Å²) in [6.07, 6.45) is 0.610. The Morgan fingerprint density at radius 2 is 2.20 bits per heavy atom. The minimum Gasteiger partial charge on any atom is -0.449 e. The van der Waals surface area contributed by atoms with Crippen LogP contribution in [0.3, 0.4) is 0 Å². The van der Waals surface area contributed by atoms with Gasteiger partial charge in [0.15, 0.2) is 0 Å². The van der Waals surface area contributed by atoms with Crippen molar-refractivity contribution in [3.63, 3.8) is 0 Å². The van der Waals surface area contributed by atoms with Crippen LogP contribution in [0.1, 0.15) is 12.8 Å². The summed E-state index contributed by atoms with van der Waals surface area (Å²) in [5, 5.41) is 3.57. The van der Waals surface area contributed by atoms with Crippen LogP contribution in [-0.4, -0.2) is 36.6 Å². The quantitative estimate of drug-likeness (QED) is 0.928. The van der Waals surface area contributed by atoms with Gasteiger partial charge >= 0.3 is 6.09 Å². The Morgan fingerprint density at radius 3 is 2.90 bits per heavy atom. The SMILES string of the molecule is O=C(CCN1CCCOC1=O)Nc1ccc(Cl)cc1Cl. The first-order valence-corrected chi connectivity index (χ1v) is 6.98. The van der Waals surface area contributed by atoms with Crippen LogP contribution < -0.4 is 5.32 Å². The molecule has 1 aliphatic rings. The molecular weight excluding hydrogens is 303 g/mol. The number of hydrogen-bond donors (Lipinski definition) is 1. The molecule has 1 saturated heterocycles. The van der Waals surface area contributed by atoms with E-state index in [4.69, 9.17) is 27.9 Å². The molecule has 0 radical (unpaired) electrons. The smallest absolute Gasteiger partial charge is 0.409 e. The number of amides is 2. The van der Waals surface area contributed by atoms with Crippen molar-refractivity contribution >= 4 is 40.9 Å². The molecule has 0 aliphatic carbocycles. The molecule has 5 nitrogen and oxygen atoms in total. The van der Waals surface area contributed by atoms with Crippen LogP contribution in [0.5, 0.6) is 0 Å². The summed E-state index contributed by atoms with van der Waals surface area (Å²) in [6, 6.07) is 4.84. The summed E-state index contributed by atoms with van der Waals surface area (Å²) >= 11 is 11.7. The van der Waals surface area contributed by atoms with E-state index in [0.29, 0.717) is 35.4 Å². The van der Waals surface area contributed by atoms with E-state index in [-0.39, 0.29) is 18.4 Å². The molecule has 0 bridgehead atoms. The molecular formula is C13H14Cl2N2O3. The molecule has 1 fully saturated rings. The van der Waals surface area contributed by atoms with Crippen molar-refractivity contribution < 1.29 is 14.3 Å². The van der Waals surface area contributed by atoms with Gasteiger partial charge in [0, 0.05) is 24.5 Å². The number of cyclic esters (lactones) is 1. The minimum atomic E-state index is -0.367. The van der Waals surface area contributed by atoms with Crippen molar-refractivity contribution in [1.82, 2.24) is 4.90 Å². The van der Waals surface area contributed by atoms with Gasteiger partial charge in [-0.05, 0) is 24.6 Å². The maximum Gasteiger partial charge on any atom is 0.409 e. The van der Waals surface area contributed by atoms with Gasteiger partial charge < -0.3 is 15.0 Å². The monoisotopic (exact) mass is 316 g/mol. The molecule has 0 aromatic heterocycles. The van der Waals surface area contributed by atoms with Crippen LogP contribution in [0.15, 0.2) is 18.2 Å². The number of ether oxygens (including phenoxy) is 1. The minimum absolute atomic E-state index is 0.189. The second kappa shape index (κ2) is 6.81. The molecule has 1 aromatic rings. The second-order valence-corrected chi connectivity index (χ2v) is 5.22. The molecule has 20 heavy (non-hydrogen) atoms. The topological polar surface area (TPSA) is 58.6 Å². The second-order valence-electron chi connectivity index (χ2n) is 4.38. The van der Waals surface area contributed by atoms with Crippen molar-refractivity contribution in [2.45, 2.75) is 12.8 Å². The summed E-state index contributed by atoms with van der Waals surface area (Å²) in [5.41, 5.74) is 0.502. The molecule has 2 amide bonds. The molecule has 0 atom stereocenters. The summed E-state index contributed by atoms with van der Waals surface area (Å²) in [5.74, 6) is -0.215. The average molecular weight is 317 g/mol. The first kappa shape index (κ1) is 14.9. The Labute approximate surface area is 126 Å². The number of benzene rings is 1. The number of carbonyl (C=O) groups is 2. The van der Waals surface area contributed by atoms with E-state index in [1.807, 2.05) is 0 Å². The molecule has 2 rings (SSSR count). The third kappa shape index (κ3) is 4.02. The normalized spacial score (nSPS) is 14.9. The van der Waals surface area contributed by atoms with Crippen molar-refractivity contribution in [2.24, 2.45) is 0 Å². The number of carbonyl (C=O) groups excluding carboxylic acids is 2. The fourth-order valence-corrected chi connectivity index (χ4v) is 2.30. The summed E-state index contributed by atoms with van der Waals surface area (Å²) in [6.45, 7) is 1.39. The van der Waals surface area contributed by atoms with E-state index in [1.54, 1.807) is 18.2 Å². The van der Waals surface area contributed by atoms with Crippen LogP contribution in [0.25, 0.3) is 0 Å². The number of nitrogens with one attached hydrogen (secondary N) is 1. The van der Waals surface area contributed by atoms with Gasteiger partial charge in [0.05, 0.1) is 17.3 Å². The lowest BCUT2D eigenvalue weighted by molar-refractivity contribution is -0.116. The third-order valence-electron chi connectivity index (χ3n) is 2.87. The van der Waals surface area contributed by atoms with Crippen LogP contribution in [-0.2, 0) is 9.53 Å². The Balaban J connectivity index is 1.84. The van der Waals surface area contributed by atoms with Gasteiger partial charge in [-0.1, -0.05) is 23.2 Å². The molecule has 108 valence electrons. The highest BCUT2D eigenvalue weighted by Crippen LogP contribution is 2.25. The van der Waals surface area contributed by atoms with E-state index in [0.717, 1.165) is 6.42 Å². The maximum absolute atomic E-state index is 11.8. The molecule has 7 heteroatoms. The van der Waals surface area contributed by atoms with E-state index >= 15 is 0 Å². The molecule has 0 saturated carbocycles. The zero-order chi connectivity index (χ0) is 14.5. The van der Waals surface area contributed by atoms with Gasteiger partial charge in [0.1, 0.15) is 0 Å². The van der Waals surface area contributed by atoms with E-state index in [2.05, 4.69) is 5.32 Å². The number of halogens is 2. The Kier molecular flexibility index (Phi) is 5.09. The Hall–Kier alpha value is -1.46. The highest BCUT2D eigenvalue weighted by molar-refractivity contribution is 6.36. The molecule has 0 spiro atoms. The predicted octanol–water partition coefficient (Wildman–Crippen LogP) is 3.16. The lowest BCUT2D eigenvalue weighted by Crippen LogP contribution is -2.39. The van der Waals surface area contributed by atoms with Crippen molar-refractivity contribution in [3.8, 4) is 0 Å². The predicted molar refractivity (Wildman–Crippen MR) is 77.2 cm³/mol. The van der Waals surface area contributed by atoms with E-state index in [9.17, 15) is 9.59 Å². The highest BCUT2D eigenvalue weighted by Gasteiger charge is 2.20. The molecule has 1 heterocycles. The van der Waals surface area contributed by atoms with Gasteiger partial charge in [0.25, 0.3) is 0 Å². The fraction of sp³-hybridized carbons (Fsp3) is 0.385. The van der Waals surface area contributed by atoms with Crippen LogP contribution in [0.2, 0.25) is 10.0 Å². The largest absolute Gasteiger partial charge is 0.449 e. The standard InChI is InChI=1S/C13H14Cl2N2O3/c14-9-2-3-11(10(15)8-9)16-12(18)4-6-17-5-1-7-20-13(17)19/h2-3,8H,1,4-7H2,(H,16,18). The third-order valence-corrected chi connectivity index (χ3v) is 3.42. The fourth-order valence-electron chi connectivity index (χ4n) is 1.84. The number of rotatable bonds is 4. The van der Waals surface area contributed by atoms with Crippen molar-refractivity contribution in [2.75, 3.05) is 25.0 Å². The van der Waals surface area contributed by atoms with Crippen molar-refractivity contribution in [1.29, 1.82) is 0 Å². The first-order chi connectivity index (χ1) is 9.56. The van der Waals surface area contributed by atoms with Crippen molar-refractivity contribution in [3.05, 3.63) is 28.2 Å². The molecule has 0 unspecified atom stereocenters. The zero-order valence-electron chi connectivity index (χ0n) is 10.7. The van der Waals surface area contributed by atoms with E-state index in [1.165, 1.54) is 4.90 Å². The van der Waals surface area contributed by atoms with Crippen LogP contribution >= 0.6 is 23.2 Å². The highest BCUT2D eigenvalue weighted by atomic mass is 35.5. The number of anilines is 1. The van der Waals surface area contributed by atoms with Gasteiger partial charge in [-0.3, -0.25) is 4.79 Å². The van der Waals surface area contributed by atoms with Gasteiger partial charge in [-0.25, -0.2) is 4.79 Å². The lowest BCUT2D eigenvalue weighted by atomic mass is 10.3. The number of nitrogens with zero attached hydrogens (tertiary/aromatic N) is 1. The zero-order valence-corrected chi connectivity index (χ0v) is 12.2. The molecule has 1 aliphatic heterocycles.